The molecule has 1 aromatic rings. The van der Waals surface area contributed by atoms with Crippen LogP contribution in [0.25, 0.3) is 0 Å². The highest BCUT2D eigenvalue weighted by atomic mass is 19.1. The average molecular weight is 485 g/mol. The van der Waals surface area contributed by atoms with E-state index in [-0.39, 0.29) is 31.8 Å². The number of ether oxygens (including phenoxy) is 3. The number of aliphatic hydroxyl groups is 1. The normalized spacial score (nSPS) is 24.0. The molecule has 1 heterocycles. The molecule has 1 amide bonds. The van der Waals surface area contributed by atoms with Gasteiger partial charge in [0.1, 0.15) is 17.2 Å². The number of amides is 1. The Bertz CT molecular complexity index is 793. The minimum absolute atomic E-state index is 0.0305. The SMILES string of the molecule is CC(C)(C)OC(=O)N1CC(COC2CCCCC2)OCC1C(O)C(N)Cc1cc(F)cc(F)c1. The molecule has 4 atom stereocenters. The summed E-state index contributed by atoms with van der Waals surface area (Å²) in [5.74, 6) is -1.43. The van der Waals surface area contributed by atoms with Crippen molar-refractivity contribution >= 4 is 6.09 Å². The molecule has 1 saturated heterocycles. The van der Waals surface area contributed by atoms with Crippen molar-refractivity contribution in [2.75, 3.05) is 19.8 Å². The maximum Gasteiger partial charge on any atom is 0.410 e. The number of hydrogen-bond donors (Lipinski definition) is 2. The van der Waals surface area contributed by atoms with Crippen LogP contribution in [0, 0.1) is 11.6 Å². The zero-order valence-electron chi connectivity index (χ0n) is 20.3. The highest BCUT2D eigenvalue weighted by molar-refractivity contribution is 5.69. The molecule has 2 aliphatic rings. The van der Waals surface area contributed by atoms with Crippen LogP contribution in [0.1, 0.15) is 58.4 Å². The van der Waals surface area contributed by atoms with E-state index < -0.39 is 41.5 Å². The van der Waals surface area contributed by atoms with E-state index >= 15 is 0 Å². The van der Waals surface area contributed by atoms with Crippen molar-refractivity contribution in [2.24, 2.45) is 5.73 Å². The molecule has 9 heteroatoms. The van der Waals surface area contributed by atoms with Crippen LogP contribution in [0.5, 0.6) is 0 Å². The van der Waals surface area contributed by atoms with Crippen molar-refractivity contribution in [1.82, 2.24) is 4.90 Å². The highest BCUT2D eigenvalue weighted by Gasteiger charge is 2.40. The minimum atomic E-state index is -1.20. The molecule has 7 nitrogen and oxygen atoms in total. The van der Waals surface area contributed by atoms with Gasteiger partial charge in [0.25, 0.3) is 0 Å². The van der Waals surface area contributed by atoms with E-state index in [2.05, 4.69) is 0 Å². The molecule has 0 radical (unpaired) electrons. The zero-order valence-corrected chi connectivity index (χ0v) is 20.3. The van der Waals surface area contributed by atoms with Crippen molar-refractivity contribution in [3.05, 3.63) is 35.4 Å². The molecule has 34 heavy (non-hydrogen) atoms. The third-order valence-corrected chi connectivity index (χ3v) is 6.23. The molecule has 1 aliphatic heterocycles. The molecule has 3 N–H and O–H groups in total. The molecule has 1 aromatic carbocycles. The molecule has 1 saturated carbocycles. The first-order valence-corrected chi connectivity index (χ1v) is 12.1. The van der Waals surface area contributed by atoms with Crippen molar-refractivity contribution in [2.45, 2.75) is 95.3 Å². The number of carbonyl (C=O) groups excluding carboxylic acids is 1. The molecular weight excluding hydrogens is 446 g/mol. The van der Waals surface area contributed by atoms with Gasteiger partial charge in [0.2, 0.25) is 0 Å². The summed E-state index contributed by atoms with van der Waals surface area (Å²) in [6, 6.07) is 1.48. The summed E-state index contributed by atoms with van der Waals surface area (Å²) in [4.78, 5) is 14.5. The quantitative estimate of drug-likeness (QED) is 0.615. The lowest BCUT2D eigenvalue weighted by atomic mass is 9.95. The number of nitrogens with two attached hydrogens (primary N) is 1. The van der Waals surface area contributed by atoms with Crippen LogP contribution >= 0.6 is 0 Å². The van der Waals surface area contributed by atoms with E-state index in [0.717, 1.165) is 31.7 Å². The molecule has 0 spiro atoms. The molecule has 3 rings (SSSR count). The second-order valence-corrected chi connectivity index (χ2v) is 10.4. The van der Waals surface area contributed by atoms with Gasteiger partial charge in [-0.05, 0) is 57.7 Å². The summed E-state index contributed by atoms with van der Waals surface area (Å²) < 4.78 is 44.7. The first-order chi connectivity index (χ1) is 16.0. The van der Waals surface area contributed by atoms with E-state index in [1.54, 1.807) is 20.8 Å². The number of rotatable bonds is 7. The topological polar surface area (TPSA) is 94.2 Å². The van der Waals surface area contributed by atoms with Crippen molar-refractivity contribution < 1.29 is 32.9 Å². The Labute approximate surface area is 200 Å². The largest absolute Gasteiger partial charge is 0.444 e. The summed E-state index contributed by atoms with van der Waals surface area (Å²) in [7, 11) is 0. The molecule has 0 aromatic heterocycles. The molecule has 192 valence electrons. The van der Waals surface area contributed by atoms with Gasteiger partial charge in [-0.3, -0.25) is 4.90 Å². The van der Waals surface area contributed by atoms with Crippen LogP contribution in [-0.4, -0.2) is 71.9 Å². The Morgan fingerprint density at radius 1 is 1.21 bits per heavy atom. The first-order valence-electron chi connectivity index (χ1n) is 12.1. The second kappa shape index (κ2) is 11.7. The van der Waals surface area contributed by atoms with Gasteiger partial charge in [-0.15, -0.1) is 0 Å². The molecule has 0 bridgehead atoms. The summed E-state index contributed by atoms with van der Waals surface area (Å²) >= 11 is 0. The van der Waals surface area contributed by atoms with Gasteiger partial charge in [0, 0.05) is 12.1 Å². The minimum Gasteiger partial charge on any atom is -0.444 e. The fraction of sp³-hybridized carbons (Fsp3) is 0.720. The van der Waals surface area contributed by atoms with Crippen LogP contribution in [-0.2, 0) is 20.6 Å². The molecule has 1 aliphatic carbocycles. The van der Waals surface area contributed by atoms with Gasteiger partial charge in [-0.2, -0.15) is 0 Å². The summed E-state index contributed by atoms with van der Waals surface area (Å²) in [6.07, 6.45) is 3.70. The predicted molar refractivity (Wildman–Crippen MR) is 123 cm³/mol. The number of hydrogen-bond acceptors (Lipinski definition) is 6. The van der Waals surface area contributed by atoms with Crippen LogP contribution in [0.3, 0.4) is 0 Å². The third kappa shape index (κ3) is 7.86. The summed E-state index contributed by atoms with van der Waals surface area (Å²) in [6.45, 7) is 5.89. The monoisotopic (exact) mass is 484 g/mol. The van der Waals surface area contributed by atoms with Gasteiger partial charge < -0.3 is 25.1 Å². The van der Waals surface area contributed by atoms with E-state index in [9.17, 15) is 18.7 Å². The predicted octanol–water partition coefficient (Wildman–Crippen LogP) is 3.55. The first kappa shape index (κ1) is 26.8. The average Bonchev–Trinajstić information content (AvgIpc) is 2.76. The van der Waals surface area contributed by atoms with Crippen LogP contribution in [0.15, 0.2) is 18.2 Å². The standard InChI is InChI=1S/C25H38F2N2O5/c1-25(2,3)34-24(31)29-13-20(14-32-19-7-5-4-6-8-19)33-15-22(29)23(30)21(28)11-16-9-17(26)12-18(27)10-16/h9-10,12,19-23,30H,4-8,11,13-15,28H2,1-3H3. The Morgan fingerprint density at radius 3 is 2.47 bits per heavy atom. The number of carbonyl (C=O) groups is 1. The van der Waals surface area contributed by atoms with Crippen molar-refractivity contribution in [1.29, 1.82) is 0 Å². The smallest absolute Gasteiger partial charge is 0.410 e. The van der Waals surface area contributed by atoms with Gasteiger partial charge in [0.05, 0.1) is 44.1 Å². The fourth-order valence-corrected chi connectivity index (χ4v) is 4.53. The highest BCUT2D eigenvalue weighted by Crippen LogP contribution is 2.24. The Morgan fingerprint density at radius 2 is 1.85 bits per heavy atom. The lowest BCUT2D eigenvalue weighted by Gasteiger charge is -2.43. The Kier molecular flexibility index (Phi) is 9.26. The van der Waals surface area contributed by atoms with E-state index in [1.165, 1.54) is 23.5 Å². The third-order valence-electron chi connectivity index (χ3n) is 6.23. The van der Waals surface area contributed by atoms with Crippen LogP contribution < -0.4 is 5.73 Å². The number of aliphatic hydroxyl groups excluding tert-OH is 1. The molecular formula is C25H38F2N2O5. The van der Waals surface area contributed by atoms with Gasteiger partial charge in [-0.1, -0.05) is 19.3 Å². The summed E-state index contributed by atoms with van der Waals surface area (Å²) in [5.41, 5.74) is 5.81. The van der Waals surface area contributed by atoms with Gasteiger partial charge in [0.15, 0.2) is 0 Å². The van der Waals surface area contributed by atoms with E-state index in [4.69, 9.17) is 19.9 Å². The maximum absolute atomic E-state index is 13.6. The number of benzene rings is 1. The van der Waals surface area contributed by atoms with Gasteiger partial charge >= 0.3 is 6.09 Å². The van der Waals surface area contributed by atoms with Crippen molar-refractivity contribution in [3.63, 3.8) is 0 Å². The van der Waals surface area contributed by atoms with Gasteiger partial charge in [-0.25, -0.2) is 13.6 Å². The van der Waals surface area contributed by atoms with Crippen molar-refractivity contribution in [3.8, 4) is 0 Å². The Balaban J connectivity index is 1.67. The zero-order chi connectivity index (χ0) is 24.9. The van der Waals surface area contributed by atoms with E-state index in [1.807, 2.05) is 0 Å². The maximum atomic E-state index is 13.6. The number of nitrogens with zero attached hydrogens (tertiary/aromatic N) is 1. The number of morpholine rings is 1. The van der Waals surface area contributed by atoms with E-state index in [0.29, 0.717) is 12.2 Å². The molecule has 4 unspecified atom stereocenters. The lowest BCUT2D eigenvalue weighted by Crippen LogP contribution is -2.62. The summed E-state index contributed by atoms with van der Waals surface area (Å²) in [5, 5.41) is 11.0. The second-order valence-electron chi connectivity index (χ2n) is 10.4. The van der Waals surface area contributed by atoms with Crippen LogP contribution in [0.2, 0.25) is 0 Å². The number of halogens is 2. The molecule has 2 fully saturated rings. The Hall–Kier alpha value is -1.81. The fourth-order valence-electron chi connectivity index (χ4n) is 4.53. The lowest BCUT2D eigenvalue weighted by molar-refractivity contribution is -0.129. The van der Waals surface area contributed by atoms with Crippen LogP contribution in [0.4, 0.5) is 13.6 Å².